The van der Waals surface area contributed by atoms with E-state index in [4.69, 9.17) is 0 Å². The van der Waals surface area contributed by atoms with Crippen molar-refractivity contribution in [3.05, 3.63) is 83.3 Å². The summed E-state index contributed by atoms with van der Waals surface area (Å²) in [4.78, 5) is 34.7. The smallest absolute Gasteiger partial charge is 0.222 e. The average molecular weight is 402 g/mol. The Morgan fingerprint density at radius 1 is 1.00 bits per heavy atom. The Balaban J connectivity index is 1.61. The van der Waals surface area contributed by atoms with Crippen LogP contribution in [-0.4, -0.2) is 33.6 Å². The summed E-state index contributed by atoms with van der Waals surface area (Å²) >= 11 is 0. The zero-order chi connectivity index (χ0) is 21.5. The van der Waals surface area contributed by atoms with Gasteiger partial charge in [-0.05, 0) is 42.7 Å². The third kappa shape index (κ3) is 5.38. The summed E-state index contributed by atoms with van der Waals surface area (Å²) in [5, 5.41) is 0. The monoisotopic (exact) mass is 401 g/mol. The number of hydrogen-bond acceptors (Lipinski definition) is 4. The maximum Gasteiger partial charge on any atom is 0.222 e. The average Bonchev–Trinajstić information content (AvgIpc) is 2.78. The molecule has 0 aliphatic rings. The van der Waals surface area contributed by atoms with E-state index in [1.807, 2.05) is 69.4 Å². The van der Waals surface area contributed by atoms with Gasteiger partial charge in [-0.15, -0.1) is 0 Å². The zero-order valence-corrected chi connectivity index (χ0v) is 17.8. The molecule has 0 unspecified atom stereocenters. The standard InChI is InChI=1S/C25H27N3O2/c1-4-25(30)28(3)17-19-7-9-21(10-8-19)23-13-11-22(16-27-23)24(29)14-12-20-6-5-15-26-18(20)2/h5-11,13,15-16H,4,12,14,17H2,1-3H3. The largest absolute Gasteiger partial charge is 0.341 e. The van der Waals surface area contributed by atoms with Gasteiger partial charge in [0.05, 0.1) is 5.69 Å². The van der Waals surface area contributed by atoms with E-state index in [1.165, 1.54) is 0 Å². The number of aryl methyl sites for hydroxylation is 2. The number of pyridine rings is 2. The summed E-state index contributed by atoms with van der Waals surface area (Å²) in [5.74, 6) is 0.205. The molecule has 5 nitrogen and oxygen atoms in total. The Labute approximate surface area is 177 Å². The number of ketones is 1. The number of carbonyl (C=O) groups excluding carboxylic acids is 2. The van der Waals surface area contributed by atoms with Crippen molar-refractivity contribution in [1.29, 1.82) is 0 Å². The van der Waals surface area contributed by atoms with Gasteiger partial charge in [-0.2, -0.15) is 0 Å². The highest BCUT2D eigenvalue weighted by Gasteiger charge is 2.10. The first kappa shape index (κ1) is 21.4. The molecule has 154 valence electrons. The molecule has 2 aromatic heterocycles. The van der Waals surface area contributed by atoms with Crippen molar-refractivity contribution in [2.24, 2.45) is 0 Å². The molecule has 5 heteroatoms. The van der Waals surface area contributed by atoms with E-state index in [0.29, 0.717) is 31.4 Å². The van der Waals surface area contributed by atoms with Crippen molar-refractivity contribution < 1.29 is 9.59 Å². The molecule has 0 saturated heterocycles. The Kier molecular flexibility index (Phi) is 7.07. The lowest BCUT2D eigenvalue weighted by molar-refractivity contribution is -0.130. The van der Waals surface area contributed by atoms with E-state index in [2.05, 4.69) is 9.97 Å². The zero-order valence-electron chi connectivity index (χ0n) is 17.8. The molecule has 1 amide bonds. The van der Waals surface area contributed by atoms with Crippen LogP contribution in [0, 0.1) is 6.92 Å². The predicted octanol–water partition coefficient (Wildman–Crippen LogP) is 4.64. The minimum Gasteiger partial charge on any atom is -0.341 e. The molecule has 0 fully saturated rings. The maximum absolute atomic E-state index is 12.5. The first-order valence-corrected chi connectivity index (χ1v) is 10.2. The molecule has 0 spiro atoms. The molecule has 3 aromatic rings. The van der Waals surface area contributed by atoms with Crippen molar-refractivity contribution in [2.45, 2.75) is 39.7 Å². The van der Waals surface area contributed by atoms with Crippen LogP contribution in [-0.2, 0) is 17.8 Å². The van der Waals surface area contributed by atoms with Crippen LogP contribution in [0.4, 0.5) is 0 Å². The molecule has 2 heterocycles. The number of nitrogens with zero attached hydrogens (tertiary/aromatic N) is 3. The molecule has 0 bridgehead atoms. The molecular weight excluding hydrogens is 374 g/mol. The molecular formula is C25H27N3O2. The van der Waals surface area contributed by atoms with Crippen molar-refractivity contribution in [1.82, 2.24) is 14.9 Å². The minimum atomic E-state index is 0.0799. The van der Waals surface area contributed by atoms with Crippen LogP contribution in [0.2, 0.25) is 0 Å². The number of aromatic nitrogens is 2. The van der Waals surface area contributed by atoms with Gasteiger partial charge in [-0.3, -0.25) is 19.6 Å². The molecule has 0 radical (unpaired) electrons. The summed E-state index contributed by atoms with van der Waals surface area (Å²) in [6.07, 6.45) is 5.03. The lowest BCUT2D eigenvalue weighted by Gasteiger charge is -2.16. The van der Waals surface area contributed by atoms with Crippen LogP contribution >= 0.6 is 0 Å². The van der Waals surface area contributed by atoms with Gasteiger partial charge >= 0.3 is 0 Å². The topological polar surface area (TPSA) is 63.2 Å². The van der Waals surface area contributed by atoms with Crippen LogP contribution in [0.25, 0.3) is 11.3 Å². The van der Waals surface area contributed by atoms with Crippen molar-refractivity contribution in [3.8, 4) is 11.3 Å². The number of carbonyl (C=O) groups is 2. The highest BCUT2D eigenvalue weighted by Crippen LogP contribution is 2.19. The van der Waals surface area contributed by atoms with Crippen molar-refractivity contribution >= 4 is 11.7 Å². The van der Waals surface area contributed by atoms with Crippen LogP contribution < -0.4 is 0 Å². The van der Waals surface area contributed by atoms with E-state index >= 15 is 0 Å². The third-order valence-corrected chi connectivity index (χ3v) is 5.22. The predicted molar refractivity (Wildman–Crippen MR) is 118 cm³/mol. The third-order valence-electron chi connectivity index (χ3n) is 5.22. The number of hydrogen-bond donors (Lipinski definition) is 0. The van der Waals surface area contributed by atoms with Crippen LogP contribution in [0.5, 0.6) is 0 Å². The first-order chi connectivity index (χ1) is 14.5. The Bertz CT molecular complexity index is 1010. The summed E-state index contributed by atoms with van der Waals surface area (Å²) in [5.41, 5.74) is 5.55. The minimum absolute atomic E-state index is 0.0799. The van der Waals surface area contributed by atoms with Gasteiger partial charge in [0.1, 0.15) is 0 Å². The fourth-order valence-corrected chi connectivity index (χ4v) is 3.32. The lowest BCUT2D eigenvalue weighted by atomic mass is 10.0. The maximum atomic E-state index is 12.5. The molecule has 1 aromatic carbocycles. The Hall–Kier alpha value is -3.34. The van der Waals surface area contributed by atoms with Crippen LogP contribution in [0.3, 0.4) is 0 Å². The fraction of sp³-hybridized carbons (Fsp3) is 0.280. The molecule has 0 aliphatic carbocycles. The fourth-order valence-electron chi connectivity index (χ4n) is 3.32. The van der Waals surface area contributed by atoms with Crippen molar-refractivity contribution in [2.75, 3.05) is 7.05 Å². The van der Waals surface area contributed by atoms with Gasteiger partial charge in [-0.25, -0.2) is 0 Å². The van der Waals surface area contributed by atoms with Gasteiger partial charge in [0, 0.05) is 55.6 Å². The van der Waals surface area contributed by atoms with E-state index in [-0.39, 0.29) is 11.7 Å². The van der Waals surface area contributed by atoms with Gasteiger partial charge in [0.15, 0.2) is 5.78 Å². The molecule has 30 heavy (non-hydrogen) atoms. The summed E-state index contributed by atoms with van der Waals surface area (Å²) in [6, 6.07) is 15.6. The molecule has 0 saturated carbocycles. The first-order valence-electron chi connectivity index (χ1n) is 10.2. The Morgan fingerprint density at radius 3 is 2.40 bits per heavy atom. The number of rotatable bonds is 8. The quantitative estimate of drug-likeness (QED) is 0.516. The normalized spacial score (nSPS) is 10.6. The van der Waals surface area contributed by atoms with E-state index in [1.54, 1.807) is 17.3 Å². The highest BCUT2D eigenvalue weighted by atomic mass is 16.2. The molecule has 0 atom stereocenters. The van der Waals surface area contributed by atoms with E-state index in [0.717, 1.165) is 28.1 Å². The summed E-state index contributed by atoms with van der Waals surface area (Å²) < 4.78 is 0. The van der Waals surface area contributed by atoms with Gasteiger partial charge in [-0.1, -0.05) is 37.3 Å². The van der Waals surface area contributed by atoms with E-state index in [9.17, 15) is 9.59 Å². The van der Waals surface area contributed by atoms with Crippen LogP contribution in [0.1, 0.15) is 46.9 Å². The molecule has 0 N–H and O–H groups in total. The number of benzene rings is 1. The second kappa shape index (κ2) is 9.92. The van der Waals surface area contributed by atoms with Gasteiger partial charge in [0.25, 0.3) is 0 Å². The number of Topliss-reactive ketones (excluding diaryl/α,β-unsaturated/α-hetero) is 1. The van der Waals surface area contributed by atoms with Gasteiger partial charge < -0.3 is 4.90 Å². The molecule has 3 rings (SSSR count). The summed E-state index contributed by atoms with van der Waals surface area (Å²) in [7, 11) is 1.81. The second-order valence-electron chi connectivity index (χ2n) is 7.40. The molecule has 0 aliphatic heterocycles. The highest BCUT2D eigenvalue weighted by molar-refractivity contribution is 5.96. The second-order valence-corrected chi connectivity index (χ2v) is 7.40. The number of amides is 1. The van der Waals surface area contributed by atoms with Gasteiger partial charge in [0.2, 0.25) is 5.91 Å². The summed E-state index contributed by atoms with van der Waals surface area (Å²) in [6.45, 7) is 4.41. The van der Waals surface area contributed by atoms with E-state index < -0.39 is 0 Å². The lowest BCUT2D eigenvalue weighted by Crippen LogP contribution is -2.25. The SMILES string of the molecule is CCC(=O)N(C)Cc1ccc(-c2ccc(C(=O)CCc3cccnc3C)cn2)cc1. The van der Waals surface area contributed by atoms with Crippen molar-refractivity contribution in [3.63, 3.8) is 0 Å². The van der Waals surface area contributed by atoms with Crippen LogP contribution in [0.15, 0.2) is 60.9 Å². The Morgan fingerprint density at radius 2 is 1.77 bits per heavy atom.